The zero-order chi connectivity index (χ0) is 13.0. The van der Waals surface area contributed by atoms with E-state index in [-0.39, 0.29) is 11.9 Å². The van der Waals surface area contributed by atoms with Gasteiger partial charge in [0.05, 0.1) is 11.3 Å². The molecule has 1 aromatic rings. The number of nitrogen functional groups attached to an aromatic ring is 1. The van der Waals surface area contributed by atoms with E-state index in [2.05, 4.69) is 22.7 Å². The minimum atomic E-state index is -0.108. The highest BCUT2D eigenvalue weighted by Gasteiger charge is 2.26. The second-order valence-electron chi connectivity index (χ2n) is 4.82. The van der Waals surface area contributed by atoms with E-state index in [9.17, 15) is 4.79 Å². The number of hydrogen-bond acceptors (Lipinski definition) is 4. The largest absolute Gasteiger partial charge is 0.349 e. The fourth-order valence-electron chi connectivity index (χ4n) is 2.05. The van der Waals surface area contributed by atoms with E-state index in [1.165, 1.54) is 19.0 Å². The monoisotopic (exact) mass is 248 g/mol. The molecule has 0 saturated heterocycles. The van der Waals surface area contributed by atoms with Crippen LogP contribution < -0.4 is 16.6 Å². The number of carbonyl (C=O) groups is 1. The average molecular weight is 248 g/mol. The summed E-state index contributed by atoms with van der Waals surface area (Å²) in [5.74, 6) is 6.08. The molecule has 1 unspecified atom stereocenters. The maximum absolute atomic E-state index is 12.1. The summed E-state index contributed by atoms with van der Waals surface area (Å²) >= 11 is 0. The highest BCUT2D eigenvalue weighted by atomic mass is 16.1. The molecule has 1 aliphatic rings. The molecule has 98 valence electrons. The number of hydrazine groups is 1. The van der Waals surface area contributed by atoms with E-state index < -0.39 is 0 Å². The fourth-order valence-corrected chi connectivity index (χ4v) is 2.05. The van der Waals surface area contributed by atoms with E-state index in [0.717, 1.165) is 18.8 Å². The first kappa shape index (κ1) is 12.8. The van der Waals surface area contributed by atoms with Crippen LogP contribution in [0.3, 0.4) is 0 Å². The number of rotatable bonds is 6. The Labute approximate surface area is 107 Å². The molecule has 0 spiro atoms. The first-order valence-electron chi connectivity index (χ1n) is 6.46. The van der Waals surface area contributed by atoms with Crippen molar-refractivity contribution in [1.82, 2.24) is 10.3 Å². The summed E-state index contributed by atoms with van der Waals surface area (Å²) < 4.78 is 0. The van der Waals surface area contributed by atoms with Crippen LogP contribution in [0.2, 0.25) is 0 Å². The molecule has 1 amide bonds. The van der Waals surface area contributed by atoms with Crippen molar-refractivity contribution in [1.29, 1.82) is 0 Å². The van der Waals surface area contributed by atoms with Crippen molar-refractivity contribution in [3.05, 3.63) is 24.0 Å². The first-order valence-corrected chi connectivity index (χ1v) is 6.46. The Morgan fingerprint density at radius 3 is 3.00 bits per heavy atom. The van der Waals surface area contributed by atoms with E-state index >= 15 is 0 Å². The minimum absolute atomic E-state index is 0.108. The molecular weight excluding hydrogens is 228 g/mol. The van der Waals surface area contributed by atoms with Gasteiger partial charge in [0.15, 0.2) is 0 Å². The van der Waals surface area contributed by atoms with Crippen molar-refractivity contribution in [2.75, 3.05) is 5.43 Å². The number of nitrogens with one attached hydrogen (secondary N) is 2. The SMILES string of the molecule is CCC(CC1CC1)NC(=O)c1cnccc1NN. The number of amides is 1. The van der Waals surface area contributed by atoms with Crippen LogP contribution in [0.5, 0.6) is 0 Å². The molecule has 1 aromatic heterocycles. The van der Waals surface area contributed by atoms with Crippen LogP contribution in [0, 0.1) is 5.92 Å². The Balaban J connectivity index is 2.00. The van der Waals surface area contributed by atoms with Crippen molar-refractivity contribution in [3.63, 3.8) is 0 Å². The lowest BCUT2D eigenvalue weighted by Gasteiger charge is -2.17. The van der Waals surface area contributed by atoms with E-state index in [1.54, 1.807) is 12.3 Å². The van der Waals surface area contributed by atoms with Crippen molar-refractivity contribution in [2.24, 2.45) is 11.8 Å². The highest BCUT2D eigenvalue weighted by molar-refractivity contribution is 5.99. The number of hydrogen-bond donors (Lipinski definition) is 3. The first-order chi connectivity index (χ1) is 8.74. The molecule has 0 aromatic carbocycles. The van der Waals surface area contributed by atoms with Crippen molar-refractivity contribution in [2.45, 2.75) is 38.6 Å². The predicted molar refractivity (Wildman–Crippen MR) is 70.9 cm³/mol. The van der Waals surface area contributed by atoms with Gasteiger partial charge in [0.1, 0.15) is 0 Å². The number of nitrogens with zero attached hydrogens (tertiary/aromatic N) is 1. The summed E-state index contributed by atoms with van der Waals surface area (Å²) in [7, 11) is 0. The molecule has 0 bridgehead atoms. The molecule has 5 heteroatoms. The lowest BCUT2D eigenvalue weighted by molar-refractivity contribution is 0.0933. The van der Waals surface area contributed by atoms with Crippen molar-refractivity contribution in [3.8, 4) is 0 Å². The Morgan fingerprint density at radius 2 is 2.39 bits per heavy atom. The van der Waals surface area contributed by atoms with Crippen LogP contribution >= 0.6 is 0 Å². The summed E-state index contributed by atoms with van der Waals surface area (Å²) in [5.41, 5.74) is 3.62. The third-order valence-corrected chi connectivity index (χ3v) is 3.36. The number of anilines is 1. The van der Waals surface area contributed by atoms with Crippen molar-refractivity contribution < 1.29 is 4.79 Å². The molecule has 1 fully saturated rings. The van der Waals surface area contributed by atoms with Gasteiger partial charge in [-0.1, -0.05) is 19.8 Å². The van der Waals surface area contributed by atoms with Gasteiger partial charge in [0.25, 0.3) is 5.91 Å². The van der Waals surface area contributed by atoms with Crippen LogP contribution in [0.15, 0.2) is 18.5 Å². The zero-order valence-electron chi connectivity index (χ0n) is 10.6. The molecule has 18 heavy (non-hydrogen) atoms. The van der Waals surface area contributed by atoms with Crippen molar-refractivity contribution >= 4 is 11.6 Å². The summed E-state index contributed by atoms with van der Waals surface area (Å²) in [6, 6.07) is 1.94. The van der Waals surface area contributed by atoms with Crippen LogP contribution in [-0.2, 0) is 0 Å². The molecule has 1 aliphatic carbocycles. The predicted octanol–water partition coefficient (Wildman–Crippen LogP) is 1.68. The Morgan fingerprint density at radius 1 is 1.61 bits per heavy atom. The Kier molecular flexibility index (Phi) is 4.15. The minimum Gasteiger partial charge on any atom is -0.349 e. The second-order valence-corrected chi connectivity index (χ2v) is 4.82. The molecule has 2 rings (SSSR count). The van der Waals surface area contributed by atoms with E-state index in [0.29, 0.717) is 11.3 Å². The average Bonchev–Trinajstić information content (AvgIpc) is 3.21. The molecule has 1 atom stereocenters. The van der Waals surface area contributed by atoms with Crippen LogP contribution in [0.1, 0.15) is 43.0 Å². The molecule has 1 heterocycles. The highest BCUT2D eigenvalue weighted by Crippen LogP contribution is 2.34. The Hall–Kier alpha value is -1.62. The van der Waals surface area contributed by atoms with Crippen LogP contribution in [-0.4, -0.2) is 16.9 Å². The number of aromatic nitrogens is 1. The smallest absolute Gasteiger partial charge is 0.255 e. The topological polar surface area (TPSA) is 80.0 Å². The van der Waals surface area contributed by atoms with Gasteiger partial charge in [0.2, 0.25) is 0 Å². The van der Waals surface area contributed by atoms with E-state index in [4.69, 9.17) is 5.84 Å². The Bertz CT molecular complexity index is 417. The van der Waals surface area contributed by atoms with Gasteiger partial charge in [-0.15, -0.1) is 0 Å². The number of carbonyl (C=O) groups excluding carboxylic acids is 1. The van der Waals surface area contributed by atoms with Gasteiger partial charge in [-0.05, 0) is 24.8 Å². The standard InChI is InChI=1S/C13H20N4O/c1-2-10(7-9-3-4-9)16-13(18)11-8-15-6-5-12(11)17-14/h5-6,8-10H,2-4,7,14H2,1H3,(H,15,17)(H,16,18). The maximum atomic E-state index is 12.1. The molecule has 1 saturated carbocycles. The maximum Gasteiger partial charge on any atom is 0.255 e. The summed E-state index contributed by atoms with van der Waals surface area (Å²) in [4.78, 5) is 16.1. The lowest BCUT2D eigenvalue weighted by atomic mass is 10.1. The normalized spacial score (nSPS) is 16.1. The quantitative estimate of drug-likeness (QED) is 0.528. The fraction of sp³-hybridized carbons (Fsp3) is 0.538. The molecule has 4 N–H and O–H groups in total. The van der Waals surface area contributed by atoms with Gasteiger partial charge >= 0.3 is 0 Å². The molecule has 5 nitrogen and oxygen atoms in total. The lowest BCUT2D eigenvalue weighted by Crippen LogP contribution is -2.35. The van der Waals surface area contributed by atoms with Gasteiger partial charge in [-0.25, -0.2) is 0 Å². The third kappa shape index (κ3) is 3.20. The summed E-state index contributed by atoms with van der Waals surface area (Å²) in [6.45, 7) is 2.10. The van der Waals surface area contributed by atoms with Gasteiger partial charge in [-0.3, -0.25) is 15.6 Å². The molecule has 0 aliphatic heterocycles. The molecular formula is C13H20N4O. The van der Waals surface area contributed by atoms with Crippen LogP contribution in [0.4, 0.5) is 5.69 Å². The molecule has 0 radical (unpaired) electrons. The number of nitrogens with two attached hydrogens (primary N) is 1. The summed E-state index contributed by atoms with van der Waals surface area (Å²) in [5, 5.41) is 3.05. The second kappa shape index (κ2) is 5.82. The van der Waals surface area contributed by atoms with Gasteiger partial charge < -0.3 is 10.7 Å². The number of pyridine rings is 1. The zero-order valence-corrected chi connectivity index (χ0v) is 10.6. The summed E-state index contributed by atoms with van der Waals surface area (Å²) in [6.07, 6.45) is 7.77. The third-order valence-electron chi connectivity index (χ3n) is 3.36. The van der Waals surface area contributed by atoms with E-state index in [1.807, 2.05) is 0 Å². The van der Waals surface area contributed by atoms with Gasteiger partial charge in [0, 0.05) is 18.4 Å². The van der Waals surface area contributed by atoms with Gasteiger partial charge in [-0.2, -0.15) is 0 Å². The van der Waals surface area contributed by atoms with Crippen LogP contribution in [0.25, 0.3) is 0 Å².